The Morgan fingerprint density at radius 3 is 2.79 bits per heavy atom. The predicted molar refractivity (Wildman–Crippen MR) is 138 cm³/mol. The van der Waals surface area contributed by atoms with Crippen molar-refractivity contribution < 1.29 is 27.4 Å². The summed E-state index contributed by atoms with van der Waals surface area (Å²) in [7, 11) is 2.98. The molecule has 1 saturated heterocycles. The standard InChI is InChI=1S/C29H30F3N3O3/c1-37-21-6-8-27-23(16-21)22(9-11-34-27)26(33)7-5-18-10-13-35(17-24(18)29(36)38-2)12-3-4-19-14-20(30)15-25(31)28(19)32/h6,8-9,11,14-16,18,24,26H,5,7,10,12-13,17,33H2,1-2H3/t18-,24+,26?/m1/s1. The molecule has 1 aliphatic heterocycles. The molecule has 1 aromatic heterocycles. The highest BCUT2D eigenvalue weighted by Crippen LogP contribution is 2.33. The van der Waals surface area contributed by atoms with Crippen LogP contribution in [0.25, 0.3) is 10.9 Å². The van der Waals surface area contributed by atoms with Crippen LogP contribution >= 0.6 is 0 Å². The molecule has 2 aromatic carbocycles. The van der Waals surface area contributed by atoms with Crippen LogP contribution in [0.1, 0.15) is 36.4 Å². The number of methoxy groups -OCH3 is 2. The second-order valence-electron chi connectivity index (χ2n) is 9.43. The molecule has 9 heteroatoms. The first-order valence-corrected chi connectivity index (χ1v) is 12.4. The lowest BCUT2D eigenvalue weighted by Crippen LogP contribution is -2.44. The largest absolute Gasteiger partial charge is 0.497 e. The number of aromatic nitrogens is 1. The molecular formula is C29H30F3N3O3. The van der Waals surface area contributed by atoms with Gasteiger partial charge in [0.15, 0.2) is 11.6 Å². The number of piperidine rings is 1. The van der Waals surface area contributed by atoms with E-state index in [1.807, 2.05) is 29.2 Å². The number of nitrogens with zero attached hydrogens (tertiary/aromatic N) is 2. The van der Waals surface area contributed by atoms with Gasteiger partial charge in [-0.05, 0) is 67.6 Å². The summed E-state index contributed by atoms with van der Waals surface area (Å²) in [4.78, 5) is 19.0. The lowest BCUT2D eigenvalue weighted by atomic mass is 9.81. The molecule has 0 radical (unpaired) electrons. The number of esters is 1. The summed E-state index contributed by atoms with van der Waals surface area (Å²) in [5, 5.41) is 0.937. The van der Waals surface area contributed by atoms with Crippen LogP contribution in [0.5, 0.6) is 5.75 Å². The van der Waals surface area contributed by atoms with Crippen molar-refractivity contribution in [3.05, 3.63) is 71.2 Å². The summed E-state index contributed by atoms with van der Waals surface area (Å²) in [6, 6.07) is 8.69. The third-order valence-electron chi connectivity index (χ3n) is 7.09. The van der Waals surface area contributed by atoms with Crippen molar-refractivity contribution in [2.45, 2.75) is 25.3 Å². The average Bonchev–Trinajstić information content (AvgIpc) is 2.93. The van der Waals surface area contributed by atoms with Gasteiger partial charge >= 0.3 is 5.97 Å². The fraction of sp³-hybridized carbons (Fsp3) is 0.379. The molecule has 2 heterocycles. The van der Waals surface area contributed by atoms with Crippen molar-refractivity contribution in [3.8, 4) is 17.6 Å². The molecule has 38 heavy (non-hydrogen) atoms. The summed E-state index contributed by atoms with van der Waals surface area (Å²) in [5.41, 5.74) is 8.08. The van der Waals surface area contributed by atoms with Gasteiger partial charge in [0.05, 0.1) is 37.8 Å². The number of hydrogen-bond donors (Lipinski definition) is 1. The molecule has 3 atom stereocenters. The maximum atomic E-state index is 13.9. The smallest absolute Gasteiger partial charge is 0.310 e. The van der Waals surface area contributed by atoms with Gasteiger partial charge in [-0.25, -0.2) is 13.2 Å². The molecule has 0 bridgehead atoms. The number of hydrogen-bond acceptors (Lipinski definition) is 6. The van der Waals surface area contributed by atoms with Crippen LogP contribution < -0.4 is 10.5 Å². The van der Waals surface area contributed by atoms with Gasteiger partial charge in [-0.15, -0.1) is 0 Å². The number of ether oxygens (including phenoxy) is 2. The topological polar surface area (TPSA) is 77.7 Å². The zero-order chi connectivity index (χ0) is 27.2. The quantitative estimate of drug-likeness (QED) is 0.276. The van der Waals surface area contributed by atoms with E-state index in [0.717, 1.165) is 41.1 Å². The highest BCUT2D eigenvalue weighted by Gasteiger charge is 2.35. The van der Waals surface area contributed by atoms with Gasteiger partial charge in [0.1, 0.15) is 11.6 Å². The SMILES string of the molecule is COC(=O)[C@H]1CN(CC#Cc2cc(F)cc(F)c2F)CC[C@H]1CCC(N)c1ccnc2ccc(OC)cc12. The van der Waals surface area contributed by atoms with Crippen LogP contribution in [0.3, 0.4) is 0 Å². The molecule has 1 fully saturated rings. The zero-order valence-corrected chi connectivity index (χ0v) is 21.3. The lowest BCUT2D eigenvalue weighted by Gasteiger charge is -2.36. The number of fused-ring (bicyclic) bond motifs is 1. The minimum Gasteiger partial charge on any atom is -0.497 e. The van der Waals surface area contributed by atoms with E-state index in [1.54, 1.807) is 13.3 Å². The molecule has 4 rings (SSSR count). The van der Waals surface area contributed by atoms with Gasteiger partial charge in [-0.1, -0.05) is 11.8 Å². The number of rotatable bonds is 7. The normalized spacial score (nSPS) is 18.5. The molecule has 200 valence electrons. The second kappa shape index (κ2) is 12.3. The Labute approximate surface area is 219 Å². The predicted octanol–water partition coefficient (Wildman–Crippen LogP) is 4.60. The lowest BCUT2D eigenvalue weighted by molar-refractivity contribution is -0.149. The van der Waals surface area contributed by atoms with E-state index < -0.39 is 17.5 Å². The molecule has 1 aliphatic rings. The third-order valence-corrected chi connectivity index (χ3v) is 7.09. The van der Waals surface area contributed by atoms with Crippen LogP contribution in [-0.2, 0) is 9.53 Å². The molecule has 0 spiro atoms. The Hall–Kier alpha value is -3.61. The van der Waals surface area contributed by atoms with E-state index in [2.05, 4.69) is 16.8 Å². The van der Waals surface area contributed by atoms with Gasteiger partial charge < -0.3 is 15.2 Å². The van der Waals surface area contributed by atoms with Crippen molar-refractivity contribution in [3.63, 3.8) is 0 Å². The maximum absolute atomic E-state index is 13.9. The monoisotopic (exact) mass is 525 g/mol. The molecule has 1 unspecified atom stereocenters. The summed E-state index contributed by atoms with van der Waals surface area (Å²) in [6.07, 6.45) is 3.85. The average molecular weight is 526 g/mol. The number of carbonyl (C=O) groups is 1. The molecule has 0 saturated carbocycles. The Balaban J connectivity index is 1.41. The minimum absolute atomic E-state index is 0.0649. The highest BCUT2D eigenvalue weighted by molar-refractivity contribution is 5.84. The van der Waals surface area contributed by atoms with E-state index in [1.165, 1.54) is 7.11 Å². The van der Waals surface area contributed by atoms with Gasteiger partial charge in [-0.2, -0.15) is 0 Å². The zero-order valence-electron chi connectivity index (χ0n) is 21.3. The number of pyridine rings is 1. The van der Waals surface area contributed by atoms with Crippen molar-refractivity contribution in [2.75, 3.05) is 33.9 Å². The molecule has 0 aliphatic carbocycles. The number of carbonyl (C=O) groups excluding carboxylic acids is 1. The van der Waals surface area contributed by atoms with Crippen LogP contribution in [0, 0.1) is 41.1 Å². The van der Waals surface area contributed by atoms with E-state index in [0.29, 0.717) is 25.6 Å². The number of benzene rings is 2. The van der Waals surface area contributed by atoms with Crippen LogP contribution in [0.15, 0.2) is 42.6 Å². The molecule has 2 N–H and O–H groups in total. The first kappa shape index (κ1) is 27.4. The van der Waals surface area contributed by atoms with Crippen LogP contribution in [0.2, 0.25) is 0 Å². The highest BCUT2D eigenvalue weighted by atomic mass is 19.2. The summed E-state index contributed by atoms with van der Waals surface area (Å²) >= 11 is 0. The van der Waals surface area contributed by atoms with Crippen molar-refractivity contribution in [1.82, 2.24) is 9.88 Å². The molecule has 0 amide bonds. The van der Waals surface area contributed by atoms with E-state index >= 15 is 0 Å². The first-order valence-electron chi connectivity index (χ1n) is 12.4. The Bertz CT molecular complexity index is 1370. The Morgan fingerprint density at radius 2 is 2.03 bits per heavy atom. The Kier molecular flexibility index (Phi) is 8.87. The first-order chi connectivity index (χ1) is 18.3. The number of halogens is 3. The van der Waals surface area contributed by atoms with Crippen molar-refractivity contribution in [2.24, 2.45) is 17.6 Å². The molecule has 3 aromatic rings. The fourth-order valence-corrected chi connectivity index (χ4v) is 5.02. The minimum atomic E-state index is -1.28. The van der Waals surface area contributed by atoms with E-state index in [9.17, 15) is 18.0 Å². The van der Waals surface area contributed by atoms with Crippen molar-refractivity contribution in [1.29, 1.82) is 0 Å². The summed E-state index contributed by atoms with van der Waals surface area (Å²) < 4.78 is 51.1. The van der Waals surface area contributed by atoms with Gasteiger partial charge in [0, 0.05) is 30.2 Å². The van der Waals surface area contributed by atoms with E-state index in [-0.39, 0.29) is 36.0 Å². The second-order valence-corrected chi connectivity index (χ2v) is 9.43. The Morgan fingerprint density at radius 1 is 1.21 bits per heavy atom. The van der Waals surface area contributed by atoms with Gasteiger partial charge in [-0.3, -0.25) is 14.7 Å². The number of nitrogens with two attached hydrogens (primary N) is 1. The van der Waals surface area contributed by atoms with Crippen LogP contribution in [-0.4, -0.2) is 49.7 Å². The third kappa shape index (κ3) is 6.26. The molecule has 6 nitrogen and oxygen atoms in total. The van der Waals surface area contributed by atoms with E-state index in [4.69, 9.17) is 15.2 Å². The van der Waals surface area contributed by atoms with Crippen LogP contribution in [0.4, 0.5) is 13.2 Å². The summed E-state index contributed by atoms with van der Waals surface area (Å²) in [5.74, 6) is 2.03. The van der Waals surface area contributed by atoms with Gasteiger partial charge in [0.2, 0.25) is 0 Å². The number of likely N-dealkylation sites (tertiary alicyclic amines) is 1. The maximum Gasteiger partial charge on any atom is 0.310 e. The fourth-order valence-electron chi connectivity index (χ4n) is 5.02. The van der Waals surface area contributed by atoms with Crippen molar-refractivity contribution >= 4 is 16.9 Å². The summed E-state index contributed by atoms with van der Waals surface area (Å²) in [6.45, 7) is 1.30. The molecular weight excluding hydrogens is 495 g/mol. The van der Waals surface area contributed by atoms with Gasteiger partial charge in [0.25, 0.3) is 0 Å².